The fourth-order valence-corrected chi connectivity index (χ4v) is 3.37. The summed E-state index contributed by atoms with van der Waals surface area (Å²) in [4.78, 5) is 24.7. The number of amides is 2. The highest BCUT2D eigenvalue weighted by atomic mass is 35.5. The molecule has 1 aliphatic heterocycles. The summed E-state index contributed by atoms with van der Waals surface area (Å²) < 4.78 is 1.65. The minimum Gasteiger partial charge on any atom is -0.369 e. The number of piperidine rings is 1. The molecule has 1 aromatic heterocycles. The fraction of sp³-hybridized carbons (Fsp3) is 0.389. The quantitative estimate of drug-likeness (QED) is 0.707. The number of benzene rings is 1. The van der Waals surface area contributed by atoms with Crippen LogP contribution in [-0.4, -0.2) is 41.2 Å². The Hall–Kier alpha value is -2.38. The van der Waals surface area contributed by atoms with E-state index in [-0.39, 0.29) is 17.7 Å². The predicted molar refractivity (Wildman–Crippen MR) is 99.8 cm³/mol. The first-order valence-electron chi connectivity index (χ1n) is 8.65. The number of nitrogens with two attached hydrogens (primary N) is 1. The van der Waals surface area contributed by atoms with Crippen molar-refractivity contribution in [3.63, 3.8) is 0 Å². The van der Waals surface area contributed by atoms with Crippen LogP contribution in [0.15, 0.2) is 30.3 Å². The molecule has 26 heavy (non-hydrogen) atoms. The highest BCUT2D eigenvalue weighted by molar-refractivity contribution is 6.30. The van der Waals surface area contributed by atoms with Crippen LogP contribution >= 0.6 is 11.6 Å². The van der Waals surface area contributed by atoms with Crippen LogP contribution < -0.4 is 16.0 Å². The Morgan fingerprint density at radius 1 is 1.31 bits per heavy atom. The van der Waals surface area contributed by atoms with Gasteiger partial charge in [-0.1, -0.05) is 23.7 Å². The molecule has 4 N–H and O–H groups in total. The number of likely N-dealkylation sites (tertiary alicyclic amines) is 1. The highest BCUT2D eigenvalue weighted by Crippen LogP contribution is 2.23. The van der Waals surface area contributed by atoms with Crippen molar-refractivity contribution in [2.75, 3.05) is 25.0 Å². The second-order valence-corrected chi connectivity index (χ2v) is 7.13. The number of primary amides is 1. The molecule has 1 aliphatic rings. The standard InChI is InChI=1S/C18H22ClN5O2/c1-23-16(10-15(22-23)12-2-4-14(19)5-3-12)21-17(25)11-24-8-6-13(7-9-24)18(20)26/h2-5,10,13H,6-9,11H2,1H3,(H2,20,26)(H,21,25)/p+1. The van der Waals surface area contributed by atoms with Gasteiger partial charge in [-0.05, 0) is 12.1 Å². The van der Waals surface area contributed by atoms with Crippen molar-refractivity contribution in [2.24, 2.45) is 18.7 Å². The number of carbonyl (C=O) groups excluding carboxylic acids is 2. The van der Waals surface area contributed by atoms with Crippen molar-refractivity contribution < 1.29 is 14.5 Å². The number of quaternary nitrogens is 1. The van der Waals surface area contributed by atoms with Gasteiger partial charge in [0, 0.05) is 42.5 Å². The summed E-state index contributed by atoms with van der Waals surface area (Å²) in [6, 6.07) is 9.24. The topological polar surface area (TPSA) is 94.4 Å². The third-order valence-electron chi connectivity index (χ3n) is 4.79. The molecule has 0 radical (unpaired) electrons. The van der Waals surface area contributed by atoms with Crippen LogP contribution in [0.2, 0.25) is 5.02 Å². The van der Waals surface area contributed by atoms with Crippen LogP contribution in [0.5, 0.6) is 0 Å². The molecule has 2 aromatic rings. The lowest BCUT2D eigenvalue weighted by atomic mass is 9.96. The van der Waals surface area contributed by atoms with Gasteiger partial charge in [0.2, 0.25) is 5.91 Å². The van der Waals surface area contributed by atoms with Gasteiger partial charge in [0.15, 0.2) is 6.54 Å². The number of hydrogen-bond donors (Lipinski definition) is 3. The Kier molecular flexibility index (Phi) is 5.58. The van der Waals surface area contributed by atoms with E-state index in [2.05, 4.69) is 10.4 Å². The van der Waals surface area contributed by atoms with Gasteiger partial charge < -0.3 is 16.0 Å². The monoisotopic (exact) mass is 376 g/mol. The van der Waals surface area contributed by atoms with Crippen molar-refractivity contribution in [3.05, 3.63) is 35.4 Å². The lowest BCUT2D eigenvalue weighted by Crippen LogP contribution is -3.14. The summed E-state index contributed by atoms with van der Waals surface area (Å²) >= 11 is 5.91. The molecule has 7 nitrogen and oxygen atoms in total. The molecular formula is C18H23ClN5O2+. The largest absolute Gasteiger partial charge is 0.369 e. The normalized spacial score (nSPS) is 19.9. The molecule has 0 atom stereocenters. The van der Waals surface area contributed by atoms with Gasteiger partial charge in [0.1, 0.15) is 5.82 Å². The number of carbonyl (C=O) groups is 2. The number of rotatable bonds is 5. The first-order valence-corrected chi connectivity index (χ1v) is 9.03. The molecule has 2 heterocycles. The second kappa shape index (κ2) is 7.88. The van der Waals surface area contributed by atoms with E-state index in [9.17, 15) is 9.59 Å². The van der Waals surface area contributed by atoms with E-state index in [1.54, 1.807) is 11.7 Å². The van der Waals surface area contributed by atoms with Gasteiger partial charge in [-0.15, -0.1) is 0 Å². The summed E-state index contributed by atoms with van der Waals surface area (Å²) in [5.74, 6) is 0.286. The average molecular weight is 377 g/mol. The van der Waals surface area contributed by atoms with Gasteiger partial charge >= 0.3 is 0 Å². The molecule has 1 fully saturated rings. The molecule has 0 aliphatic carbocycles. The molecular weight excluding hydrogens is 354 g/mol. The van der Waals surface area contributed by atoms with E-state index >= 15 is 0 Å². The van der Waals surface area contributed by atoms with Crippen LogP contribution in [0, 0.1) is 5.92 Å². The van der Waals surface area contributed by atoms with Gasteiger partial charge in [-0.25, -0.2) is 0 Å². The maximum atomic E-state index is 12.4. The summed E-state index contributed by atoms with van der Waals surface area (Å²) in [5, 5.41) is 8.02. The Morgan fingerprint density at radius 3 is 2.58 bits per heavy atom. The molecule has 1 aromatic carbocycles. The Balaban J connectivity index is 1.58. The van der Waals surface area contributed by atoms with Crippen molar-refractivity contribution >= 4 is 29.2 Å². The average Bonchev–Trinajstić information content (AvgIpc) is 2.96. The number of nitrogens with zero attached hydrogens (tertiary/aromatic N) is 2. The summed E-state index contributed by atoms with van der Waals surface area (Å²) in [5.41, 5.74) is 7.05. The van der Waals surface area contributed by atoms with E-state index in [4.69, 9.17) is 17.3 Å². The molecule has 0 bridgehead atoms. The molecule has 0 spiro atoms. The highest BCUT2D eigenvalue weighted by Gasteiger charge is 2.27. The summed E-state index contributed by atoms with van der Waals surface area (Å²) in [6.45, 7) is 1.93. The Bertz CT molecular complexity index is 794. The molecule has 0 saturated carbocycles. The minimum absolute atomic E-state index is 0.0548. The van der Waals surface area contributed by atoms with Crippen LogP contribution in [-0.2, 0) is 16.6 Å². The lowest BCUT2D eigenvalue weighted by molar-refractivity contribution is -0.897. The van der Waals surface area contributed by atoms with Crippen molar-refractivity contribution in [3.8, 4) is 11.3 Å². The van der Waals surface area contributed by atoms with Crippen LogP contribution in [0.25, 0.3) is 11.3 Å². The zero-order chi connectivity index (χ0) is 18.7. The summed E-state index contributed by atoms with van der Waals surface area (Å²) in [7, 11) is 1.79. The van der Waals surface area contributed by atoms with Gasteiger partial charge in [0.25, 0.3) is 5.91 Å². The number of hydrogen-bond acceptors (Lipinski definition) is 3. The Labute approximate surface area is 157 Å². The van der Waals surface area contributed by atoms with E-state index < -0.39 is 0 Å². The molecule has 0 unspecified atom stereocenters. The maximum Gasteiger partial charge on any atom is 0.280 e. The number of nitrogens with one attached hydrogen (secondary N) is 2. The molecule has 1 saturated heterocycles. The molecule has 3 rings (SSSR count). The van der Waals surface area contributed by atoms with Crippen molar-refractivity contribution in [2.45, 2.75) is 12.8 Å². The number of anilines is 1. The predicted octanol–water partition coefficient (Wildman–Crippen LogP) is 0.459. The van der Waals surface area contributed by atoms with Gasteiger partial charge in [0.05, 0.1) is 18.8 Å². The van der Waals surface area contributed by atoms with E-state index in [0.29, 0.717) is 17.4 Å². The first-order chi connectivity index (χ1) is 12.4. The smallest absolute Gasteiger partial charge is 0.280 e. The van der Waals surface area contributed by atoms with Gasteiger partial charge in [-0.3, -0.25) is 14.3 Å². The maximum absolute atomic E-state index is 12.4. The van der Waals surface area contributed by atoms with E-state index in [0.717, 1.165) is 37.2 Å². The third-order valence-corrected chi connectivity index (χ3v) is 5.04. The second-order valence-electron chi connectivity index (χ2n) is 6.70. The van der Waals surface area contributed by atoms with Crippen molar-refractivity contribution in [1.82, 2.24) is 9.78 Å². The van der Waals surface area contributed by atoms with Crippen molar-refractivity contribution in [1.29, 1.82) is 0 Å². The number of aromatic nitrogens is 2. The van der Waals surface area contributed by atoms with E-state index in [1.807, 2.05) is 30.3 Å². The molecule has 8 heteroatoms. The zero-order valence-electron chi connectivity index (χ0n) is 14.7. The van der Waals surface area contributed by atoms with Crippen LogP contribution in [0.1, 0.15) is 12.8 Å². The number of halogens is 1. The fourth-order valence-electron chi connectivity index (χ4n) is 3.25. The van der Waals surface area contributed by atoms with Crippen LogP contribution in [0.4, 0.5) is 5.82 Å². The SMILES string of the molecule is Cn1nc(-c2ccc(Cl)cc2)cc1NC(=O)C[NH+]1CCC(C(N)=O)CC1. The molecule has 138 valence electrons. The van der Waals surface area contributed by atoms with Gasteiger partial charge in [-0.2, -0.15) is 5.10 Å². The zero-order valence-corrected chi connectivity index (χ0v) is 15.4. The molecule has 2 amide bonds. The minimum atomic E-state index is -0.238. The third kappa shape index (κ3) is 4.42. The summed E-state index contributed by atoms with van der Waals surface area (Å²) in [6.07, 6.45) is 1.48. The number of aryl methyl sites for hydroxylation is 1. The van der Waals surface area contributed by atoms with E-state index in [1.165, 1.54) is 4.90 Å². The Morgan fingerprint density at radius 2 is 1.96 bits per heavy atom. The first kappa shape index (κ1) is 18.4. The lowest BCUT2D eigenvalue weighted by Gasteiger charge is -2.27. The van der Waals surface area contributed by atoms with Crippen LogP contribution in [0.3, 0.4) is 0 Å².